The minimum Gasteiger partial charge on any atom is -0.657 e. The molecule has 0 atom stereocenters. The van der Waals surface area contributed by atoms with Crippen LogP contribution < -0.4 is 9.97 Å². The number of benzene rings is 4. The fourth-order valence-corrected chi connectivity index (χ4v) is 6.12. The second kappa shape index (κ2) is 9.12. The summed E-state index contributed by atoms with van der Waals surface area (Å²) >= 11 is 0. The molecule has 194 valence electrons. The number of nitrogens with zero attached hydrogens (tertiary/aromatic N) is 4. The van der Waals surface area contributed by atoms with Gasteiger partial charge in [-0.25, -0.2) is 9.97 Å². The topological polar surface area (TPSA) is 54.0 Å². The second-order valence-corrected chi connectivity index (χ2v) is 10.3. The van der Waals surface area contributed by atoms with Crippen molar-refractivity contribution < 1.29 is 21.1 Å². The maximum Gasteiger partial charge on any atom is 2.00 e. The number of hydrogen-bond acceptors (Lipinski definition) is 2. The van der Waals surface area contributed by atoms with Crippen LogP contribution in [0.4, 0.5) is 0 Å². The van der Waals surface area contributed by atoms with E-state index in [2.05, 4.69) is 121 Å². The molecule has 4 nitrogen and oxygen atoms in total. The normalized spacial score (nSPS) is 11.7. The molecule has 0 saturated heterocycles. The van der Waals surface area contributed by atoms with Crippen molar-refractivity contribution in [3.05, 3.63) is 121 Å². The largest absolute Gasteiger partial charge is 2.00 e. The van der Waals surface area contributed by atoms with Gasteiger partial charge in [0, 0.05) is 22.3 Å². The van der Waals surface area contributed by atoms with E-state index in [0.717, 1.165) is 88.6 Å². The van der Waals surface area contributed by atoms with E-state index in [1.165, 1.54) is 0 Å². The van der Waals surface area contributed by atoms with E-state index in [9.17, 15) is 0 Å². The van der Waals surface area contributed by atoms with Gasteiger partial charge in [-0.15, -0.1) is 22.1 Å². The summed E-state index contributed by atoms with van der Waals surface area (Å²) in [6.07, 6.45) is 0. The van der Waals surface area contributed by atoms with E-state index in [4.69, 9.17) is 19.9 Å². The van der Waals surface area contributed by atoms with Crippen LogP contribution in [0.1, 0.15) is 0 Å². The zero-order chi connectivity index (χ0) is 26.2. The first-order valence-corrected chi connectivity index (χ1v) is 13.4. The molecule has 0 fully saturated rings. The monoisotopic (exact) mass is 703 g/mol. The Morgan fingerprint density at radius 3 is 0.854 bits per heavy atom. The Bertz CT molecular complexity index is 2020. The third-order valence-corrected chi connectivity index (χ3v) is 7.97. The molecule has 4 aromatic carbocycles. The zero-order valence-electron chi connectivity index (χ0n) is 21.7. The van der Waals surface area contributed by atoms with Gasteiger partial charge in [-0.05, 0) is 45.8 Å². The maximum atomic E-state index is 5.13. The number of aromatic nitrogens is 4. The quantitative estimate of drug-likeness (QED) is 0.159. The van der Waals surface area contributed by atoms with Gasteiger partial charge in [0.05, 0.1) is 22.8 Å². The van der Waals surface area contributed by atoms with E-state index in [1.54, 1.807) is 0 Å². The summed E-state index contributed by atoms with van der Waals surface area (Å²) in [7, 11) is 0. The van der Waals surface area contributed by atoms with Crippen molar-refractivity contribution in [3.8, 4) is 45.0 Å². The van der Waals surface area contributed by atoms with Gasteiger partial charge in [0.1, 0.15) is 0 Å². The Labute approximate surface area is 250 Å². The van der Waals surface area contributed by atoms with Gasteiger partial charge in [-0.3, -0.25) is 0 Å². The smallest absolute Gasteiger partial charge is 0.657 e. The molecule has 7 aromatic rings. The van der Waals surface area contributed by atoms with Crippen LogP contribution >= 0.6 is 0 Å². The summed E-state index contributed by atoms with van der Waals surface area (Å²) in [5.74, 6) is 0. The zero-order valence-corrected chi connectivity index (χ0v) is 23.9. The molecule has 0 amide bonds. The minimum atomic E-state index is 0. The maximum absolute atomic E-state index is 5.13. The Morgan fingerprint density at radius 1 is 0.341 bits per heavy atom. The van der Waals surface area contributed by atoms with Crippen LogP contribution in [-0.2, 0) is 21.1 Å². The third kappa shape index (κ3) is 3.65. The standard InChI is InChI=1S/C36H20N4.Pt/c1-2-10-22-21(9-1)29-17-31-23-11-3-4-12-24(23)33(38-31)19-35-27-15-7-8-16-28(27)36(40-35)20-34-26-14-6-5-13-25(26)32(39-34)18-30(22)37-29;/h1-20H;/q-2;+2. The van der Waals surface area contributed by atoms with E-state index in [1.807, 2.05) is 0 Å². The van der Waals surface area contributed by atoms with Gasteiger partial charge in [0.25, 0.3) is 0 Å². The van der Waals surface area contributed by atoms with Crippen LogP contribution in [0.15, 0.2) is 121 Å². The van der Waals surface area contributed by atoms with Crippen molar-refractivity contribution in [1.82, 2.24) is 19.9 Å². The fourth-order valence-electron chi connectivity index (χ4n) is 6.12. The van der Waals surface area contributed by atoms with Crippen molar-refractivity contribution in [2.24, 2.45) is 0 Å². The van der Waals surface area contributed by atoms with Gasteiger partial charge in [-0.1, -0.05) is 97.1 Å². The molecule has 0 aliphatic carbocycles. The Balaban J connectivity index is 0.00000256. The van der Waals surface area contributed by atoms with Crippen LogP contribution in [0.5, 0.6) is 0 Å². The SMILES string of the molecule is [Pt+2].c1ccc2c(c1)-c1cc3[n-]c(cc4nc(cc5[n-]c(cc-2n1)c1ccccc51)-c1ccccc1-4)c1ccccc31. The predicted octanol–water partition coefficient (Wildman–Crippen LogP) is 8.54. The van der Waals surface area contributed by atoms with E-state index < -0.39 is 0 Å². The molecule has 0 spiro atoms. The second-order valence-electron chi connectivity index (χ2n) is 10.3. The summed E-state index contributed by atoms with van der Waals surface area (Å²) in [5.41, 5.74) is 11.7. The Hall–Kier alpha value is -4.79. The van der Waals surface area contributed by atoms with Gasteiger partial charge < -0.3 is 9.97 Å². The summed E-state index contributed by atoms with van der Waals surface area (Å²) in [6.45, 7) is 0. The van der Waals surface area contributed by atoms with Gasteiger partial charge in [0.15, 0.2) is 0 Å². The summed E-state index contributed by atoms with van der Waals surface area (Å²) in [5, 5.41) is 4.41. The molecule has 9 rings (SSSR count). The van der Waals surface area contributed by atoms with Crippen molar-refractivity contribution >= 4 is 43.6 Å². The van der Waals surface area contributed by atoms with Crippen LogP contribution in [0, 0.1) is 0 Å². The first kappa shape index (κ1) is 24.0. The van der Waals surface area contributed by atoms with Crippen LogP contribution in [0.25, 0.3) is 88.6 Å². The van der Waals surface area contributed by atoms with E-state index >= 15 is 0 Å². The van der Waals surface area contributed by atoms with Crippen LogP contribution in [-0.4, -0.2) is 9.97 Å². The molecule has 8 bridgehead atoms. The molecule has 0 unspecified atom stereocenters. The molecule has 2 aliphatic rings. The average molecular weight is 704 g/mol. The molecule has 2 aliphatic heterocycles. The van der Waals surface area contributed by atoms with Gasteiger partial charge in [-0.2, -0.15) is 0 Å². The molecule has 0 N–H and O–H groups in total. The van der Waals surface area contributed by atoms with Crippen molar-refractivity contribution in [2.45, 2.75) is 0 Å². The first-order chi connectivity index (χ1) is 19.8. The summed E-state index contributed by atoms with van der Waals surface area (Å²) < 4.78 is 0. The van der Waals surface area contributed by atoms with E-state index in [0.29, 0.717) is 0 Å². The first-order valence-electron chi connectivity index (χ1n) is 13.4. The van der Waals surface area contributed by atoms with Crippen molar-refractivity contribution in [3.63, 3.8) is 0 Å². The van der Waals surface area contributed by atoms with Gasteiger partial charge in [0.2, 0.25) is 0 Å². The molecule has 3 aromatic heterocycles. The minimum absolute atomic E-state index is 0. The van der Waals surface area contributed by atoms with Gasteiger partial charge >= 0.3 is 21.1 Å². The number of fused-ring (bicyclic) bond motifs is 20. The van der Waals surface area contributed by atoms with Crippen molar-refractivity contribution in [1.29, 1.82) is 0 Å². The molecule has 41 heavy (non-hydrogen) atoms. The van der Waals surface area contributed by atoms with Crippen LogP contribution in [0.3, 0.4) is 0 Å². The average Bonchev–Trinajstić information content (AvgIpc) is 3.73. The molecule has 0 radical (unpaired) electrons. The molecule has 5 heterocycles. The predicted molar refractivity (Wildman–Crippen MR) is 163 cm³/mol. The summed E-state index contributed by atoms with van der Waals surface area (Å²) in [6, 6.07) is 42.1. The molecular formula is C36H20N4Pt. The van der Waals surface area contributed by atoms with Crippen molar-refractivity contribution in [2.75, 3.05) is 0 Å². The van der Waals surface area contributed by atoms with E-state index in [-0.39, 0.29) is 21.1 Å². The molecule has 0 saturated carbocycles. The Morgan fingerprint density at radius 2 is 0.585 bits per heavy atom. The molecular weight excluding hydrogens is 684 g/mol. The van der Waals surface area contributed by atoms with Crippen LogP contribution in [0.2, 0.25) is 0 Å². The fraction of sp³-hybridized carbons (Fsp3) is 0. The summed E-state index contributed by atoms with van der Waals surface area (Å²) in [4.78, 5) is 20.5. The Kier molecular flexibility index (Phi) is 5.35. The number of hydrogen-bond donors (Lipinski definition) is 0. The number of rotatable bonds is 0. The molecule has 5 heteroatoms. The third-order valence-electron chi connectivity index (χ3n) is 7.97.